The molecule has 0 radical (unpaired) electrons. The topological polar surface area (TPSA) is 55.2 Å². The highest BCUT2D eigenvalue weighted by Gasteiger charge is 2.17. The van der Waals surface area contributed by atoms with E-state index in [-0.39, 0.29) is 0 Å². The first-order chi connectivity index (χ1) is 9.31. The summed E-state index contributed by atoms with van der Waals surface area (Å²) in [4.78, 5) is 7.68. The van der Waals surface area contributed by atoms with Gasteiger partial charge in [0.25, 0.3) is 0 Å². The zero-order chi connectivity index (χ0) is 13.5. The van der Waals surface area contributed by atoms with E-state index >= 15 is 0 Å². The quantitative estimate of drug-likeness (QED) is 0.353. The summed E-state index contributed by atoms with van der Waals surface area (Å²) in [6.45, 7) is 8.13. The van der Waals surface area contributed by atoms with Crippen LogP contribution in [0, 0.1) is 6.92 Å². The van der Waals surface area contributed by atoms with Crippen LogP contribution in [-0.2, 0) is 0 Å². The molecule has 5 heteroatoms. The third kappa shape index (κ3) is 3.88. The minimum Gasteiger partial charge on any atom is -0.369 e. The number of hydrogen-bond acceptors (Lipinski definition) is 3. The van der Waals surface area contributed by atoms with Gasteiger partial charge in [-0.1, -0.05) is 23.3 Å². The summed E-state index contributed by atoms with van der Waals surface area (Å²) < 4.78 is 0. The fourth-order valence-corrected chi connectivity index (χ4v) is 2.54. The zero-order valence-corrected chi connectivity index (χ0v) is 11.5. The Labute approximate surface area is 114 Å². The molecule has 1 fully saturated rings. The van der Waals surface area contributed by atoms with Gasteiger partial charge >= 0.3 is 0 Å². The van der Waals surface area contributed by atoms with E-state index in [2.05, 4.69) is 51.0 Å². The van der Waals surface area contributed by atoms with Crippen molar-refractivity contribution in [1.82, 2.24) is 4.90 Å². The van der Waals surface area contributed by atoms with Crippen LogP contribution in [0.5, 0.6) is 0 Å². The lowest BCUT2D eigenvalue weighted by atomic mass is 10.1. The third-order valence-corrected chi connectivity index (χ3v) is 3.62. The highest BCUT2D eigenvalue weighted by atomic mass is 15.3. The number of aryl methyl sites for hydroxylation is 1. The lowest BCUT2D eigenvalue weighted by Crippen LogP contribution is -2.46. The normalized spacial score (nSPS) is 16.2. The molecule has 102 valence electrons. The minimum absolute atomic E-state index is 0.606. The second kappa shape index (κ2) is 7.02. The van der Waals surface area contributed by atoms with Crippen LogP contribution >= 0.6 is 0 Å². The molecule has 1 aromatic carbocycles. The third-order valence-electron chi connectivity index (χ3n) is 3.62. The average molecular weight is 259 g/mol. The molecule has 1 aliphatic rings. The Bertz CT molecular complexity index is 445. The number of rotatable bonds is 5. The molecule has 19 heavy (non-hydrogen) atoms. The number of azide groups is 1. The number of hydrogen-bond donors (Lipinski definition) is 0. The van der Waals surface area contributed by atoms with Gasteiger partial charge in [-0.05, 0) is 37.1 Å². The van der Waals surface area contributed by atoms with Gasteiger partial charge in [0.15, 0.2) is 0 Å². The largest absolute Gasteiger partial charge is 0.369 e. The first-order valence-corrected chi connectivity index (χ1v) is 6.85. The molecule has 1 aromatic rings. The van der Waals surface area contributed by atoms with Gasteiger partial charge in [-0.3, -0.25) is 4.90 Å². The van der Waals surface area contributed by atoms with Crippen LogP contribution in [0.25, 0.3) is 10.4 Å². The lowest BCUT2D eigenvalue weighted by Gasteiger charge is -2.36. The number of nitrogens with zero attached hydrogens (tertiary/aromatic N) is 5. The van der Waals surface area contributed by atoms with Gasteiger partial charge in [-0.15, -0.1) is 0 Å². The van der Waals surface area contributed by atoms with E-state index in [9.17, 15) is 0 Å². The Hall–Kier alpha value is -1.71. The highest BCUT2D eigenvalue weighted by Crippen LogP contribution is 2.20. The monoisotopic (exact) mass is 259 g/mol. The molecule has 1 aliphatic heterocycles. The number of para-hydroxylation sites is 1. The second-order valence-corrected chi connectivity index (χ2v) is 4.92. The van der Waals surface area contributed by atoms with Crippen molar-refractivity contribution in [3.63, 3.8) is 0 Å². The van der Waals surface area contributed by atoms with Crippen molar-refractivity contribution >= 4 is 5.69 Å². The Morgan fingerprint density at radius 3 is 2.63 bits per heavy atom. The molecule has 0 aromatic heterocycles. The van der Waals surface area contributed by atoms with Crippen molar-refractivity contribution in [2.24, 2.45) is 5.11 Å². The van der Waals surface area contributed by atoms with Crippen molar-refractivity contribution in [2.45, 2.75) is 13.3 Å². The fourth-order valence-electron chi connectivity index (χ4n) is 2.54. The molecule has 5 nitrogen and oxygen atoms in total. The summed E-state index contributed by atoms with van der Waals surface area (Å²) in [6, 6.07) is 8.56. The van der Waals surface area contributed by atoms with E-state index in [1.54, 1.807) is 0 Å². The van der Waals surface area contributed by atoms with Crippen LogP contribution in [-0.4, -0.2) is 44.2 Å². The van der Waals surface area contributed by atoms with E-state index in [1.165, 1.54) is 11.3 Å². The SMILES string of the molecule is Cc1ccccc1N1CCN(CCCN=[N+]=[N-])CC1. The van der Waals surface area contributed by atoms with Gasteiger partial charge in [0, 0.05) is 43.3 Å². The van der Waals surface area contributed by atoms with Crippen molar-refractivity contribution in [3.8, 4) is 0 Å². The van der Waals surface area contributed by atoms with E-state index < -0.39 is 0 Å². The number of anilines is 1. The van der Waals surface area contributed by atoms with Gasteiger partial charge in [-0.25, -0.2) is 0 Å². The minimum atomic E-state index is 0.606. The molecule has 0 spiro atoms. The number of benzene rings is 1. The van der Waals surface area contributed by atoms with E-state index in [0.29, 0.717) is 6.54 Å². The summed E-state index contributed by atoms with van der Waals surface area (Å²) in [5.74, 6) is 0. The molecule has 0 aliphatic carbocycles. The zero-order valence-electron chi connectivity index (χ0n) is 11.5. The first kappa shape index (κ1) is 13.7. The van der Waals surface area contributed by atoms with Gasteiger partial charge < -0.3 is 4.90 Å². The maximum atomic E-state index is 8.23. The van der Waals surface area contributed by atoms with Crippen LogP contribution in [0.2, 0.25) is 0 Å². The maximum absolute atomic E-state index is 8.23. The summed E-state index contributed by atoms with van der Waals surface area (Å²) in [5, 5.41) is 3.57. The summed E-state index contributed by atoms with van der Waals surface area (Å²) in [6.07, 6.45) is 0.953. The van der Waals surface area contributed by atoms with Crippen LogP contribution < -0.4 is 4.90 Å². The molecule has 0 unspecified atom stereocenters. The molecular weight excluding hydrogens is 238 g/mol. The lowest BCUT2D eigenvalue weighted by molar-refractivity contribution is 0.256. The molecule has 0 amide bonds. The van der Waals surface area contributed by atoms with Crippen LogP contribution in [0.4, 0.5) is 5.69 Å². The molecule has 0 saturated carbocycles. The predicted octanol–water partition coefficient (Wildman–Crippen LogP) is 2.82. The van der Waals surface area contributed by atoms with Crippen LogP contribution in [0.1, 0.15) is 12.0 Å². The molecule has 1 heterocycles. The van der Waals surface area contributed by atoms with E-state index in [0.717, 1.165) is 39.1 Å². The maximum Gasteiger partial charge on any atom is 0.0396 e. The average Bonchev–Trinajstić information content (AvgIpc) is 2.45. The molecule has 2 rings (SSSR count). The van der Waals surface area contributed by atoms with Crippen molar-refractivity contribution in [1.29, 1.82) is 0 Å². The first-order valence-electron chi connectivity index (χ1n) is 6.85. The molecular formula is C14H21N5. The van der Waals surface area contributed by atoms with E-state index in [4.69, 9.17) is 5.53 Å². The van der Waals surface area contributed by atoms with Crippen molar-refractivity contribution in [3.05, 3.63) is 40.3 Å². The Balaban J connectivity index is 1.79. The molecule has 0 atom stereocenters. The fraction of sp³-hybridized carbons (Fsp3) is 0.571. The standard InChI is InChI=1S/C14H21N5/c1-13-5-2-3-6-14(13)19-11-9-18(10-12-19)8-4-7-16-17-15/h2-3,5-6H,4,7-12H2,1H3. The Morgan fingerprint density at radius 2 is 1.95 bits per heavy atom. The van der Waals surface area contributed by atoms with Crippen molar-refractivity contribution < 1.29 is 0 Å². The van der Waals surface area contributed by atoms with Gasteiger partial charge in [0.05, 0.1) is 0 Å². The van der Waals surface area contributed by atoms with Gasteiger partial charge in [0.1, 0.15) is 0 Å². The van der Waals surface area contributed by atoms with Crippen LogP contribution in [0.15, 0.2) is 29.4 Å². The van der Waals surface area contributed by atoms with E-state index in [1.807, 2.05) is 0 Å². The summed E-state index contributed by atoms with van der Waals surface area (Å²) in [7, 11) is 0. The molecule has 0 N–H and O–H groups in total. The molecule has 1 saturated heterocycles. The van der Waals surface area contributed by atoms with Crippen LogP contribution in [0.3, 0.4) is 0 Å². The van der Waals surface area contributed by atoms with Crippen molar-refractivity contribution in [2.75, 3.05) is 44.2 Å². The predicted molar refractivity (Wildman–Crippen MR) is 78.5 cm³/mol. The molecule has 0 bridgehead atoms. The smallest absolute Gasteiger partial charge is 0.0396 e. The Morgan fingerprint density at radius 1 is 1.21 bits per heavy atom. The second-order valence-electron chi connectivity index (χ2n) is 4.92. The van der Waals surface area contributed by atoms with Gasteiger partial charge in [0.2, 0.25) is 0 Å². The summed E-state index contributed by atoms with van der Waals surface area (Å²) in [5.41, 5.74) is 10.9. The van der Waals surface area contributed by atoms with Gasteiger partial charge in [-0.2, -0.15) is 0 Å². The Kier molecular flexibility index (Phi) is 5.07. The highest BCUT2D eigenvalue weighted by molar-refractivity contribution is 5.53. The summed E-state index contributed by atoms with van der Waals surface area (Å²) >= 11 is 0. The number of piperazine rings is 1.